The minimum absolute atomic E-state index is 0.0296. The first-order valence-electron chi connectivity index (χ1n) is 7.22. The van der Waals surface area contributed by atoms with Gasteiger partial charge in [0.05, 0.1) is 5.56 Å². The number of aromatic nitrogens is 1. The Bertz CT molecular complexity index is 463. The third-order valence-corrected chi connectivity index (χ3v) is 3.61. The topological polar surface area (TPSA) is 28.2 Å². The van der Waals surface area contributed by atoms with Crippen LogP contribution in [0.25, 0.3) is 0 Å². The van der Waals surface area contributed by atoms with Gasteiger partial charge in [-0.25, -0.2) is 4.98 Å². The molecule has 0 aliphatic carbocycles. The Morgan fingerprint density at radius 1 is 1.29 bits per heavy atom. The van der Waals surface area contributed by atoms with Crippen molar-refractivity contribution in [2.75, 3.05) is 18.0 Å². The predicted octanol–water partition coefficient (Wildman–Crippen LogP) is 3.46. The SMILES string of the molecule is CC(C)(C)NCC1CCCN1c1ccc(C(F)(F)F)cn1. The van der Waals surface area contributed by atoms with E-state index < -0.39 is 11.7 Å². The summed E-state index contributed by atoms with van der Waals surface area (Å²) in [5.74, 6) is 0.626. The number of halogens is 3. The fourth-order valence-electron chi connectivity index (χ4n) is 2.50. The Morgan fingerprint density at radius 2 is 2.00 bits per heavy atom. The van der Waals surface area contributed by atoms with E-state index in [-0.39, 0.29) is 11.6 Å². The zero-order valence-electron chi connectivity index (χ0n) is 12.7. The summed E-state index contributed by atoms with van der Waals surface area (Å²) in [5.41, 5.74) is -0.670. The summed E-state index contributed by atoms with van der Waals surface area (Å²) in [6, 6.07) is 2.86. The maximum Gasteiger partial charge on any atom is 0.417 e. The molecule has 118 valence electrons. The van der Waals surface area contributed by atoms with Gasteiger partial charge in [-0.15, -0.1) is 0 Å². The molecule has 1 saturated heterocycles. The van der Waals surface area contributed by atoms with E-state index in [4.69, 9.17) is 0 Å². The van der Waals surface area contributed by atoms with Gasteiger partial charge in [0.15, 0.2) is 0 Å². The molecule has 6 heteroatoms. The summed E-state index contributed by atoms with van der Waals surface area (Å²) in [5, 5.41) is 3.45. The van der Waals surface area contributed by atoms with Crippen LogP contribution in [0.3, 0.4) is 0 Å². The van der Waals surface area contributed by atoms with Crippen molar-refractivity contribution in [2.45, 2.75) is 51.4 Å². The first-order chi connectivity index (χ1) is 9.67. The lowest BCUT2D eigenvalue weighted by molar-refractivity contribution is -0.137. The van der Waals surface area contributed by atoms with Crippen molar-refractivity contribution in [3.05, 3.63) is 23.9 Å². The number of alkyl halides is 3. The molecule has 3 nitrogen and oxygen atoms in total. The quantitative estimate of drug-likeness (QED) is 0.927. The molecule has 1 atom stereocenters. The van der Waals surface area contributed by atoms with Crippen molar-refractivity contribution in [1.82, 2.24) is 10.3 Å². The van der Waals surface area contributed by atoms with Crippen LogP contribution in [-0.4, -0.2) is 29.7 Å². The van der Waals surface area contributed by atoms with Gasteiger partial charge in [0.25, 0.3) is 0 Å². The Kier molecular flexibility index (Phi) is 4.46. The molecule has 1 N–H and O–H groups in total. The minimum Gasteiger partial charge on any atom is -0.352 e. The standard InChI is InChI=1S/C15H22F3N3/c1-14(2,3)20-10-12-5-4-8-21(12)13-7-6-11(9-19-13)15(16,17)18/h6-7,9,12,20H,4-5,8,10H2,1-3H3. The number of nitrogens with one attached hydrogen (secondary N) is 1. The third-order valence-electron chi connectivity index (χ3n) is 3.61. The van der Waals surface area contributed by atoms with Crippen LogP contribution in [-0.2, 0) is 6.18 Å². The Morgan fingerprint density at radius 3 is 2.52 bits per heavy atom. The summed E-state index contributed by atoms with van der Waals surface area (Å²) >= 11 is 0. The average molecular weight is 301 g/mol. The van der Waals surface area contributed by atoms with E-state index >= 15 is 0 Å². The number of hydrogen-bond acceptors (Lipinski definition) is 3. The van der Waals surface area contributed by atoms with Crippen molar-refractivity contribution in [3.8, 4) is 0 Å². The molecule has 0 bridgehead atoms. The highest BCUT2D eigenvalue weighted by atomic mass is 19.4. The van der Waals surface area contributed by atoms with E-state index in [2.05, 4.69) is 36.0 Å². The van der Waals surface area contributed by atoms with Crippen LogP contribution in [0.5, 0.6) is 0 Å². The van der Waals surface area contributed by atoms with Crippen molar-refractivity contribution >= 4 is 5.82 Å². The largest absolute Gasteiger partial charge is 0.417 e. The van der Waals surface area contributed by atoms with E-state index in [1.165, 1.54) is 6.07 Å². The van der Waals surface area contributed by atoms with E-state index in [0.717, 1.165) is 38.2 Å². The van der Waals surface area contributed by atoms with Gasteiger partial charge in [0.2, 0.25) is 0 Å². The van der Waals surface area contributed by atoms with Gasteiger partial charge in [-0.05, 0) is 45.7 Å². The molecular weight excluding hydrogens is 279 g/mol. The molecule has 1 aliphatic rings. The summed E-state index contributed by atoms with van der Waals surface area (Å²) in [4.78, 5) is 6.10. The van der Waals surface area contributed by atoms with E-state index in [0.29, 0.717) is 5.82 Å². The molecule has 0 spiro atoms. The normalized spacial score (nSPS) is 20.1. The van der Waals surface area contributed by atoms with E-state index in [1.54, 1.807) is 0 Å². The lowest BCUT2D eigenvalue weighted by Crippen LogP contribution is -2.45. The molecule has 21 heavy (non-hydrogen) atoms. The molecule has 1 unspecified atom stereocenters. The smallest absolute Gasteiger partial charge is 0.352 e. The predicted molar refractivity (Wildman–Crippen MR) is 77.4 cm³/mol. The lowest BCUT2D eigenvalue weighted by atomic mass is 10.1. The van der Waals surface area contributed by atoms with Crippen LogP contribution in [0.4, 0.5) is 19.0 Å². The number of anilines is 1. The number of rotatable bonds is 3. The van der Waals surface area contributed by atoms with Crippen molar-refractivity contribution < 1.29 is 13.2 Å². The Hall–Kier alpha value is -1.30. The van der Waals surface area contributed by atoms with Gasteiger partial charge in [0, 0.05) is 30.9 Å². The monoisotopic (exact) mass is 301 g/mol. The maximum atomic E-state index is 12.6. The van der Waals surface area contributed by atoms with E-state index in [1.807, 2.05) is 0 Å². The second-order valence-corrected chi connectivity index (χ2v) is 6.52. The van der Waals surface area contributed by atoms with Crippen LogP contribution < -0.4 is 10.2 Å². The number of hydrogen-bond donors (Lipinski definition) is 1. The highest BCUT2D eigenvalue weighted by molar-refractivity contribution is 5.42. The first-order valence-corrected chi connectivity index (χ1v) is 7.22. The molecule has 2 heterocycles. The molecule has 1 aromatic rings. The fourth-order valence-corrected chi connectivity index (χ4v) is 2.50. The minimum atomic E-state index is -4.33. The van der Waals surface area contributed by atoms with E-state index in [9.17, 15) is 13.2 Å². The molecule has 1 aromatic heterocycles. The Labute approximate surface area is 123 Å². The highest BCUT2D eigenvalue weighted by Crippen LogP contribution is 2.30. The fraction of sp³-hybridized carbons (Fsp3) is 0.667. The van der Waals surface area contributed by atoms with Crippen LogP contribution in [0, 0.1) is 0 Å². The zero-order chi connectivity index (χ0) is 15.7. The van der Waals surface area contributed by atoms with Crippen molar-refractivity contribution in [1.29, 1.82) is 0 Å². The van der Waals surface area contributed by atoms with Crippen LogP contribution in [0.1, 0.15) is 39.2 Å². The molecular formula is C15H22F3N3. The second-order valence-electron chi connectivity index (χ2n) is 6.52. The third kappa shape index (κ3) is 4.33. The van der Waals surface area contributed by atoms with Crippen LogP contribution >= 0.6 is 0 Å². The molecule has 1 fully saturated rings. The molecule has 0 saturated carbocycles. The van der Waals surface area contributed by atoms with Crippen LogP contribution in [0.2, 0.25) is 0 Å². The molecule has 1 aliphatic heterocycles. The van der Waals surface area contributed by atoms with Gasteiger partial charge in [-0.2, -0.15) is 13.2 Å². The summed E-state index contributed by atoms with van der Waals surface area (Å²) in [7, 11) is 0. The molecule has 0 aromatic carbocycles. The second kappa shape index (κ2) is 5.83. The van der Waals surface area contributed by atoms with Gasteiger partial charge >= 0.3 is 6.18 Å². The van der Waals surface area contributed by atoms with Crippen molar-refractivity contribution in [3.63, 3.8) is 0 Å². The van der Waals surface area contributed by atoms with Gasteiger partial charge in [-0.1, -0.05) is 0 Å². The van der Waals surface area contributed by atoms with Gasteiger partial charge < -0.3 is 10.2 Å². The molecule has 0 radical (unpaired) electrons. The number of nitrogens with zero attached hydrogens (tertiary/aromatic N) is 2. The summed E-state index contributed by atoms with van der Waals surface area (Å²) in [6.07, 6.45) is -1.34. The van der Waals surface area contributed by atoms with Crippen LogP contribution in [0.15, 0.2) is 18.3 Å². The summed E-state index contributed by atoms with van der Waals surface area (Å²) in [6.45, 7) is 7.95. The average Bonchev–Trinajstić information content (AvgIpc) is 2.83. The lowest BCUT2D eigenvalue weighted by Gasteiger charge is -2.29. The number of pyridine rings is 1. The molecule has 0 amide bonds. The Balaban J connectivity index is 2.06. The summed E-state index contributed by atoms with van der Waals surface area (Å²) < 4.78 is 37.7. The maximum absolute atomic E-state index is 12.6. The highest BCUT2D eigenvalue weighted by Gasteiger charge is 2.32. The molecule has 2 rings (SSSR count). The zero-order valence-corrected chi connectivity index (χ0v) is 12.7. The van der Waals surface area contributed by atoms with Crippen molar-refractivity contribution in [2.24, 2.45) is 0 Å². The van der Waals surface area contributed by atoms with Gasteiger partial charge in [0.1, 0.15) is 5.82 Å². The first kappa shape index (κ1) is 16.1. The van der Waals surface area contributed by atoms with Gasteiger partial charge in [-0.3, -0.25) is 0 Å².